The highest BCUT2D eigenvalue weighted by Gasteiger charge is 2.19. The van der Waals surface area contributed by atoms with Crippen molar-refractivity contribution in [3.63, 3.8) is 0 Å². The minimum atomic E-state index is 0.899. The van der Waals surface area contributed by atoms with Crippen molar-refractivity contribution in [1.82, 2.24) is 0 Å². The van der Waals surface area contributed by atoms with Crippen LogP contribution >= 0.6 is 11.3 Å². The van der Waals surface area contributed by atoms with Crippen LogP contribution in [0.1, 0.15) is 16.9 Å². The van der Waals surface area contributed by atoms with Crippen LogP contribution in [-0.4, -0.2) is 0 Å². The first-order chi connectivity index (χ1) is 28.2. The molecule has 0 amide bonds. The molecule has 12 rings (SSSR count). The summed E-state index contributed by atoms with van der Waals surface area (Å²) in [4.78, 5) is 3.68. The molecule has 0 atom stereocenters. The van der Waals surface area contributed by atoms with Gasteiger partial charge in [0.15, 0.2) is 0 Å². The molecule has 0 N–H and O–H groups in total. The zero-order valence-electron chi connectivity index (χ0n) is 30.8. The lowest BCUT2D eigenvalue weighted by atomic mass is 9.97. The molecule has 57 heavy (non-hydrogen) atoms. The van der Waals surface area contributed by atoms with Crippen LogP contribution in [0.3, 0.4) is 0 Å². The second-order valence-electron chi connectivity index (χ2n) is 14.8. The van der Waals surface area contributed by atoms with Gasteiger partial charge in [0.05, 0.1) is 0 Å². The Morgan fingerprint density at radius 1 is 0.456 bits per heavy atom. The van der Waals surface area contributed by atoms with E-state index >= 15 is 0 Å². The van der Waals surface area contributed by atoms with Crippen LogP contribution in [0.15, 0.2) is 185 Å². The summed E-state index contributed by atoms with van der Waals surface area (Å²) in [5, 5.41) is 8.17. The van der Waals surface area contributed by atoms with Gasteiger partial charge in [-0.3, -0.25) is 0 Å². The molecule has 0 saturated carbocycles. The van der Waals surface area contributed by atoms with Gasteiger partial charge in [-0.15, -0.1) is 11.3 Å². The second kappa shape index (κ2) is 12.7. The lowest BCUT2D eigenvalue weighted by Crippen LogP contribution is -2.09. The molecule has 0 spiro atoms. The van der Waals surface area contributed by atoms with Gasteiger partial charge in [0.25, 0.3) is 0 Å². The van der Waals surface area contributed by atoms with Crippen LogP contribution < -0.4 is 4.90 Å². The third kappa shape index (κ3) is 5.11. The number of nitrogens with zero attached hydrogens (tertiary/aromatic N) is 1. The van der Waals surface area contributed by atoms with Gasteiger partial charge in [-0.2, -0.15) is 0 Å². The van der Waals surface area contributed by atoms with Gasteiger partial charge in [0, 0.05) is 59.0 Å². The van der Waals surface area contributed by atoms with Crippen LogP contribution in [0.4, 0.5) is 17.1 Å². The van der Waals surface area contributed by atoms with E-state index in [-0.39, 0.29) is 0 Å². The Labute approximate surface area is 332 Å². The fraction of sp³-hybridized carbons (Fsp3) is 0.0189. The predicted molar refractivity (Wildman–Crippen MR) is 242 cm³/mol. The fourth-order valence-electron chi connectivity index (χ4n) is 8.84. The summed E-state index contributed by atoms with van der Waals surface area (Å²) in [5.41, 5.74) is 12.9. The Morgan fingerprint density at radius 3 is 1.84 bits per heavy atom. The maximum absolute atomic E-state index is 6.54. The zero-order chi connectivity index (χ0) is 37.5. The van der Waals surface area contributed by atoms with E-state index in [1.807, 2.05) is 23.5 Å². The molecule has 0 radical (unpaired) electrons. The number of anilines is 3. The van der Waals surface area contributed by atoms with Crippen molar-refractivity contribution in [2.75, 3.05) is 4.90 Å². The quantitative estimate of drug-likeness (QED) is 0.176. The third-order valence-corrected chi connectivity index (χ3v) is 12.6. The van der Waals surface area contributed by atoms with Gasteiger partial charge >= 0.3 is 0 Å². The van der Waals surface area contributed by atoms with Crippen LogP contribution in [0.25, 0.3) is 99.1 Å². The van der Waals surface area contributed by atoms with Crippen molar-refractivity contribution in [1.29, 1.82) is 0 Å². The summed E-state index contributed by atoms with van der Waals surface area (Å²) < 4.78 is 14.1. The molecule has 0 unspecified atom stereocenters. The Morgan fingerprint density at radius 2 is 1.07 bits per heavy atom. The Balaban J connectivity index is 0.987. The number of benzene rings is 8. The summed E-state index contributed by atoms with van der Waals surface area (Å²) in [5.74, 6) is 0. The van der Waals surface area contributed by atoms with E-state index in [1.54, 1.807) is 0 Å². The van der Waals surface area contributed by atoms with E-state index in [0.717, 1.165) is 95.0 Å². The molecular weight excluding hydrogens is 715 g/mol. The number of hydrogen-bond donors (Lipinski definition) is 0. The first kappa shape index (κ1) is 32.1. The van der Waals surface area contributed by atoms with Crippen molar-refractivity contribution < 1.29 is 8.83 Å². The van der Waals surface area contributed by atoms with Gasteiger partial charge in [-0.1, -0.05) is 121 Å². The molecule has 0 fully saturated rings. The molecule has 1 aliphatic carbocycles. The standard InChI is InChI=1S/C53H33NO2S/c1-2-12-42-43-31-29-38(32-50(43)57-49(42)19-3-1)54(36-25-20-34(21-26-36)39-14-8-17-47-51(39)44-13-6-7-16-46(44)55-47)37-27-22-35(23-28-37)40-15-9-18-48-52(40)45-30-24-33-10-4-5-11-41(33)53(45)56-48/h2-32H,1H2. The number of furan rings is 2. The van der Waals surface area contributed by atoms with Crippen LogP contribution in [-0.2, 0) is 0 Å². The molecule has 0 bridgehead atoms. The summed E-state index contributed by atoms with van der Waals surface area (Å²) in [6.45, 7) is 0. The zero-order valence-corrected chi connectivity index (χ0v) is 31.6. The van der Waals surface area contributed by atoms with Crippen molar-refractivity contribution in [3.8, 4) is 22.3 Å². The van der Waals surface area contributed by atoms with Crippen molar-refractivity contribution in [2.24, 2.45) is 0 Å². The molecule has 4 heteroatoms. The lowest BCUT2D eigenvalue weighted by molar-refractivity contribution is 0.669. The third-order valence-electron chi connectivity index (χ3n) is 11.5. The van der Waals surface area contributed by atoms with Crippen molar-refractivity contribution in [2.45, 2.75) is 6.42 Å². The number of hydrogen-bond acceptors (Lipinski definition) is 4. The van der Waals surface area contributed by atoms with E-state index in [4.69, 9.17) is 8.83 Å². The number of para-hydroxylation sites is 1. The normalized spacial score (nSPS) is 12.7. The van der Waals surface area contributed by atoms with Gasteiger partial charge < -0.3 is 13.7 Å². The van der Waals surface area contributed by atoms with E-state index in [9.17, 15) is 0 Å². The fourth-order valence-corrected chi connectivity index (χ4v) is 9.99. The minimum Gasteiger partial charge on any atom is -0.456 e. The Bertz CT molecular complexity index is 3430. The number of allylic oxidation sites excluding steroid dienone is 2. The van der Waals surface area contributed by atoms with Crippen LogP contribution in [0, 0.1) is 0 Å². The number of fused-ring (bicyclic) bond motifs is 11. The van der Waals surface area contributed by atoms with Crippen LogP contribution in [0.5, 0.6) is 0 Å². The Hall–Kier alpha value is -7.14. The number of thiophene rings is 1. The maximum Gasteiger partial charge on any atom is 0.143 e. The van der Waals surface area contributed by atoms with E-state index in [1.165, 1.54) is 25.9 Å². The summed E-state index contributed by atoms with van der Waals surface area (Å²) in [7, 11) is 0. The highest BCUT2D eigenvalue weighted by atomic mass is 32.1. The predicted octanol–water partition coefficient (Wildman–Crippen LogP) is 16.1. The van der Waals surface area contributed by atoms with E-state index < -0.39 is 0 Å². The summed E-state index contributed by atoms with van der Waals surface area (Å²) in [6.07, 6.45) is 10.0. The van der Waals surface area contributed by atoms with E-state index in [0.29, 0.717) is 0 Å². The largest absolute Gasteiger partial charge is 0.456 e. The summed E-state index contributed by atoms with van der Waals surface area (Å²) in [6, 6.07) is 58.7. The van der Waals surface area contributed by atoms with Gasteiger partial charge in [-0.05, 0) is 106 Å². The molecule has 11 aromatic rings. The highest BCUT2D eigenvalue weighted by molar-refractivity contribution is 7.20. The van der Waals surface area contributed by atoms with Gasteiger partial charge in [-0.25, -0.2) is 0 Å². The van der Waals surface area contributed by atoms with Crippen LogP contribution in [0.2, 0.25) is 0 Å². The molecule has 8 aromatic carbocycles. The van der Waals surface area contributed by atoms with Gasteiger partial charge in [0.1, 0.15) is 22.3 Å². The minimum absolute atomic E-state index is 0.899. The summed E-state index contributed by atoms with van der Waals surface area (Å²) >= 11 is 1.86. The lowest BCUT2D eigenvalue weighted by Gasteiger charge is -2.26. The topological polar surface area (TPSA) is 29.5 Å². The molecule has 0 aliphatic heterocycles. The number of rotatable bonds is 5. The molecule has 0 saturated heterocycles. The average Bonchev–Trinajstić information content (AvgIpc) is 3.90. The molecular formula is C53H33NO2S. The molecule has 3 aromatic heterocycles. The second-order valence-corrected chi connectivity index (χ2v) is 15.8. The SMILES string of the molecule is C1=Cc2sc3cc(N(c4ccc(-c5cccc6oc7ccccc7c56)cc4)c4ccc(-c5cccc6oc7c8ccccc8ccc7c56)cc4)ccc3c2C=CC1. The molecule has 1 aliphatic rings. The average molecular weight is 748 g/mol. The molecule has 3 heterocycles. The Kier molecular flexibility index (Phi) is 7.16. The van der Waals surface area contributed by atoms with Crippen molar-refractivity contribution >= 4 is 105 Å². The smallest absolute Gasteiger partial charge is 0.143 e. The maximum atomic E-state index is 6.54. The van der Waals surface area contributed by atoms with Gasteiger partial charge in [0.2, 0.25) is 0 Å². The van der Waals surface area contributed by atoms with Crippen molar-refractivity contribution in [3.05, 3.63) is 186 Å². The first-order valence-electron chi connectivity index (χ1n) is 19.4. The molecule has 268 valence electrons. The van der Waals surface area contributed by atoms with E-state index in [2.05, 4.69) is 181 Å². The first-order valence-corrected chi connectivity index (χ1v) is 20.2. The highest BCUT2D eigenvalue weighted by Crippen LogP contribution is 2.44. The monoisotopic (exact) mass is 747 g/mol. The molecule has 3 nitrogen and oxygen atoms in total.